The van der Waals surface area contributed by atoms with Crippen LogP contribution < -0.4 is 10.6 Å². The van der Waals surface area contributed by atoms with Crippen LogP contribution >= 0.6 is 11.6 Å². The minimum Gasteiger partial charge on any atom is -0.361 e. The highest BCUT2D eigenvalue weighted by Crippen LogP contribution is 2.32. The molecule has 0 fully saturated rings. The van der Waals surface area contributed by atoms with Gasteiger partial charge in [-0.1, -0.05) is 35.9 Å². The zero-order valence-electron chi connectivity index (χ0n) is 11.3. The van der Waals surface area contributed by atoms with E-state index in [1.54, 1.807) is 0 Å². The van der Waals surface area contributed by atoms with Crippen LogP contribution in [-0.4, -0.2) is 5.91 Å². The first-order chi connectivity index (χ1) is 9.56. The summed E-state index contributed by atoms with van der Waals surface area (Å²) in [6.07, 6.45) is -0.302. The van der Waals surface area contributed by atoms with Crippen molar-refractivity contribution in [3.63, 3.8) is 0 Å². The molecule has 3 nitrogen and oxygen atoms in total. The van der Waals surface area contributed by atoms with Crippen molar-refractivity contribution in [3.8, 4) is 0 Å². The number of carbonyl (C=O) groups is 1. The fourth-order valence-corrected chi connectivity index (χ4v) is 2.80. The number of hydrogen-bond donors (Lipinski definition) is 2. The molecule has 1 unspecified atom stereocenters. The summed E-state index contributed by atoms with van der Waals surface area (Å²) >= 11 is 6.29. The highest BCUT2D eigenvalue weighted by atomic mass is 35.5. The molecule has 1 amide bonds. The van der Waals surface area contributed by atoms with Gasteiger partial charge >= 0.3 is 0 Å². The van der Waals surface area contributed by atoms with Gasteiger partial charge in [-0.15, -0.1) is 0 Å². The fourth-order valence-electron chi connectivity index (χ4n) is 2.46. The Labute approximate surface area is 123 Å². The quantitative estimate of drug-likeness (QED) is 0.837. The molecule has 0 radical (unpaired) electrons. The number of aryl methyl sites for hydroxylation is 2. The first-order valence-corrected chi connectivity index (χ1v) is 6.87. The fraction of sp³-hybridized carbons (Fsp3) is 0.188. The molecule has 1 aliphatic heterocycles. The smallest absolute Gasteiger partial charge is 0.255 e. The number of anilines is 1. The Morgan fingerprint density at radius 2 is 1.90 bits per heavy atom. The summed E-state index contributed by atoms with van der Waals surface area (Å²) in [4.78, 5) is 12.2. The molecule has 0 aliphatic carbocycles. The minimum absolute atomic E-state index is 0.0795. The van der Waals surface area contributed by atoms with Gasteiger partial charge in [-0.2, -0.15) is 0 Å². The number of carbonyl (C=O) groups excluding carboxylic acids is 1. The summed E-state index contributed by atoms with van der Waals surface area (Å²) in [7, 11) is 0. The molecule has 4 heteroatoms. The maximum absolute atomic E-state index is 12.2. The molecule has 20 heavy (non-hydrogen) atoms. The minimum atomic E-state index is -0.302. The van der Waals surface area contributed by atoms with E-state index in [1.165, 1.54) is 0 Å². The van der Waals surface area contributed by atoms with Crippen molar-refractivity contribution in [3.05, 3.63) is 63.7 Å². The summed E-state index contributed by atoms with van der Waals surface area (Å²) in [6.45, 7) is 3.97. The Hall–Kier alpha value is -2.00. The molecule has 1 atom stereocenters. The van der Waals surface area contributed by atoms with Crippen molar-refractivity contribution in [2.24, 2.45) is 0 Å². The van der Waals surface area contributed by atoms with Gasteiger partial charge in [0.15, 0.2) is 0 Å². The number of nitrogens with one attached hydrogen (secondary N) is 2. The topological polar surface area (TPSA) is 41.1 Å². The van der Waals surface area contributed by atoms with Gasteiger partial charge in [-0.3, -0.25) is 4.79 Å². The molecule has 1 aliphatic rings. The van der Waals surface area contributed by atoms with Crippen molar-refractivity contribution in [2.45, 2.75) is 20.0 Å². The van der Waals surface area contributed by atoms with E-state index in [0.717, 1.165) is 22.4 Å². The summed E-state index contributed by atoms with van der Waals surface area (Å²) in [5.74, 6) is -0.0795. The van der Waals surface area contributed by atoms with Crippen LogP contribution in [0.3, 0.4) is 0 Å². The van der Waals surface area contributed by atoms with Gasteiger partial charge < -0.3 is 10.6 Å². The number of hydrogen-bond acceptors (Lipinski definition) is 2. The van der Waals surface area contributed by atoms with Crippen LogP contribution in [0.15, 0.2) is 36.4 Å². The molecule has 2 N–H and O–H groups in total. The third kappa shape index (κ3) is 2.14. The number of amides is 1. The van der Waals surface area contributed by atoms with Crippen LogP contribution in [-0.2, 0) is 0 Å². The second-order valence-electron chi connectivity index (χ2n) is 5.07. The van der Waals surface area contributed by atoms with Crippen molar-refractivity contribution in [1.82, 2.24) is 5.32 Å². The van der Waals surface area contributed by atoms with Crippen molar-refractivity contribution >= 4 is 23.2 Å². The summed E-state index contributed by atoms with van der Waals surface area (Å²) in [5.41, 5.74) is 4.56. The number of halogens is 1. The molecule has 0 saturated heterocycles. The molecule has 0 saturated carbocycles. The van der Waals surface area contributed by atoms with Gasteiger partial charge in [0.25, 0.3) is 5.91 Å². The maximum Gasteiger partial charge on any atom is 0.255 e. The third-order valence-electron chi connectivity index (χ3n) is 3.55. The predicted molar refractivity (Wildman–Crippen MR) is 81.2 cm³/mol. The van der Waals surface area contributed by atoms with Gasteiger partial charge in [0.05, 0.1) is 11.3 Å². The molecule has 2 aromatic rings. The monoisotopic (exact) mass is 286 g/mol. The normalized spacial score (nSPS) is 17.1. The Balaban J connectivity index is 2.03. The molecular formula is C16H15ClN2O. The van der Waals surface area contributed by atoms with Crippen molar-refractivity contribution < 1.29 is 4.79 Å². The molecule has 3 rings (SSSR count). The Morgan fingerprint density at radius 3 is 2.65 bits per heavy atom. The number of fused-ring (bicyclic) bond motifs is 1. The summed E-state index contributed by atoms with van der Waals surface area (Å²) in [5, 5.41) is 6.95. The first kappa shape index (κ1) is 13.0. The molecule has 102 valence electrons. The van der Waals surface area contributed by atoms with E-state index >= 15 is 0 Å². The van der Waals surface area contributed by atoms with Crippen LogP contribution in [0.1, 0.15) is 33.2 Å². The van der Waals surface area contributed by atoms with Gasteiger partial charge in [0.1, 0.15) is 6.17 Å². The van der Waals surface area contributed by atoms with Crippen LogP contribution in [0, 0.1) is 13.8 Å². The molecule has 0 spiro atoms. The lowest BCUT2D eigenvalue weighted by atomic mass is 10.0. The van der Waals surface area contributed by atoms with E-state index in [1.807, 2.05) is 50.2 Å². The summed E-state index contributed by atoms with van der Waals surface area (Å²) < 4.78 is 0. The zero-order chi connectivity index (χ0) is 14.3. The number of rotatable bonds is 1. The van der Waals surface area contributed by atoms with Gasteiger partial charge in [-0.05, 0) is 37.1 Å². The third-order valence-corrected chi connectivity index (χ3v) is 3.88. The Morgan fingerprint density at radius 1 is 1.10 bits per heavy atom. The van der Waals surface area contributed by atoms with Crippen LogP contribution in [0.25, 0.3) is 0 Å². The molecule has 0 bridgehead atoms. The largest absolute Gasteiger partial charge is 0.361 e. The van der Waals surface area contributed by atoms with Crippen LogP contribution in [0.4, 0.5) is 5.69 Å². The lowest BCUT2D eigenvalue weighted by molar-refractivity contribution is 0.0935. The van der Waals surface area contributed by atoms with Crippen LogP contribution in [0.2, 0.25) is 5.02 Å². The average molecular weight is 287 g/mol. The van der Waals surface area contributed by atoms with Crippen molar-refractivity contribution in [2.75, 3.05) is 5.32 Å². The Bertz CT molecular complexity index is 697. The lowest BCUT2D eigenvalue weighted by Gasteiger charge is -2.29. The standard InChI is InChI=1S/C16H15ClN2O/c1-9-6-7-11(13(17)8-9)15-18-14-10(2)4-3-5-12(14)16(20)19-15/h3-8,15,18H,1-2H3,(H,19,20). The SMILES string of the molecule is Cc1ccc(C2NC(=O)c3cccc(C)c3N2)c(Cl)c1. The molecule has 1 heterocycles. The van der Waals surface area contributed by atoms with Gasteiger partial charge in [-0.25, -0.2) is 0 Å². The number of para-hydroxylation sites is 1. The molecular weight excluding hydrogens is 272 g/mol. The zero-order valence-corrected chi connectivity index (χ0v) is 12.1. The van der Waals surface area contributed by atoms with Crippen LogP contribution in [0.5, 0.6) is 0 Å². The Kier molecular flexibility index (Phi) is 3.14. The highest BCUT2D eigenvalue weighted by molar-refractivity contribution is 6.31. The first-order valence-electron chi connectivity index (χ1n) is 6.49. The number of benzene rings is 2. The van der Waals surface area contributed by atoms with E-state index in [9.17, 15) is 4.79 Å². The summed E-state index contributed by atoms with van der Waals surface area (Å²) in [6, 6.07) is 11.5. The van der Waals surface area contributed by atoms with E-state index in [2.05, 4.69) is 10.6 Å². The highest BCUT2D eigenvalue weighted by Gasteiger charge is 2.26. The molecule has 2 aromatic carbocycles. The molecule has 0 aromatic heterocycles. The van der Waals surface area contributed by atoms with E-state index in [-0.39, 0.29) is 12.1 Å². The van der Waals surface area contributed by atoms with Gasteiger partial charge in [0, 0.05) is 10.6 Å². The van der Waals surface area contributed by atoms with Gasteiger partial charge in [0.2, 0.25) is 0 Å². The lowest BCUT2D eigenvalue weighted by Crippen LogP contribution is -2.38. The van der Waals surface area contributed by atoms with E-state index < -0.39 is 0 Å². The van der Waals surface area contributed by atoms with E-state index in [4.69, 9.17) is 11.6 Å². The second-order valence-corrected chi connectivity index (χ2v) is 5.48. The second kappa shape index (κ2) is 4.84. The maximum atomic E-state index is 12.2. The van der Waals surface area contributed by atoms with Crippen molar-refractivity contribution in [1.29, 1.82) is 0 Å². The predicted octanol–water partition coefficient (Wildman–Crippen LogP) is 3.81. The van der Waals surface area contributed by atoms with E-state index in [0.29, 0.717) is 10.6 Å². The average Bonchev–Trinajstić information content (AvgIpc) is 2.40.